The molecule has 1 amide bonds. The van der Waals surface area contributed by atoms with Gasteiger partial charge < -0.3 is 16.4 Å². The van der Waals surface area contributed by atoms with Gasteiger partial charge in [-0.2, -0.15) is 0 Å². The Hall–Kier alpha value is -3.74. The van der Waals surface area contributed by atoms with Crippen molar-refractivity contribution in [3.63, 3.8) is 0 Å². The minimum atomic E-state index is -0.619. The normalized spacial score (nSPS) is 11.0. The molecule has 0 unspecified atom stereocenters. The number of amides is 1. The molecule has 5 N–H and O–H groups in total. The van der Waals surface area contributed by atoms with Crippen LogP contribution in [0.3, 0.4) is 0 Å². The number of allylic oxidation sites excluding steroid dienone is 1. The Morgan fingerprint density at radius 2 is 1.63 bits per heavy atom. The molecule has 0 atom stereocenters. The molecular formula is C20H20N4O3. The molecule has 0 aliphatic carbocycles. The standard InChI is InChI=1S/C20H20N4O3/c1-24(2)20(27)14-6-4-13(5-7-14)16(21)10-18(26)19(23)15-8-3-12(11-25)9-17(15)22/h3-11,23H,21-22H2,1-2H3. The fourth-order valence-corrected chi connectivity index (χ4v) is 2.38. The number of ketones is 1. The molecule has 0 aromatic heterocycles. The van der Waals surface area contributed by atoms with Crippen LogP contribution in [0.1, 0.15) is 31.8 Å². The molecule has 27 heavy (non-hydrogen) atoms. The van der Waals surface area contributed by atoms with Crippen molar-refractivity contribution < 1.29 is 14.4 Å². The average Bonchev–Trinajstić information content (AvgIpc) is 2.66. The van der Waals surface area contributed by atoms with Gasteiger partial charge in [0.15, 0.2) is 0 Å². The second-order valence-corrected chi connectivity index (χ2v) is 6.08. The zero-order valence-corrected chi connectivity index (χ0v) is 15.0. The number of carbonyl (C=O) groups is 3. The summed E-state index contributed by atoms with van der Waals surface area (Å²) in [5.74, 6) is -0.761. The van der Waals surface area contributed by atoms with E-state index in [4.69, 9.17) is 16.9 Å². The van der Waals surface area contributed by atoms with Gasteiger partial charge in [0, 0.05) is 48.2 Å². The Kier molecular flexibility index (Phi) is 5.87. The Labute approximate surface area is 156 Å². The van der Waals surface area contributed by atoms with Crippen LogP contribution >= 0.6 is 0 Å². The molecule has 2 aromatic rings. The predicted molar refractivity (Wildman–Crippen MR) is 105 cm³/mol. The van der Waals surface area contributed by atoms with Gasteiger partial charge in [0.25, 0.3) is 5.91 Å². The van der Waals surface area contributed by atoms with Crippen molar-refractivity contribution in [2.45, 2.75) is 0 Å². The Morgan fingerprint density at radius 3 is 2.15 bits per heavy atom. The van der Waals surface area contributed by atoms with Crippen molar-refractivity contribution in [1.29, 1.82) is 5.41 Å². The number of benzene rings is 2. The maximum Gasteiger partial charge on any atom is 0.253 e. The van der Waals surface area contributed by atoms with Crippen molar-refractivity contribution in [3.8, 4) is 0 Å². The molecule has 0 bridgehead atoms. The molecule has 2 aromatic carbocycles. The number of nitrogen functional groups attached to an aromatic ring is 1. The van der Waals surface area contributed by atoms with E-state index < -0.39 is 5.78 Å². The van der Waals surface area contributed by atoms with E-state index in [-0.39, 0.29) is 28.6 Å². The molecule has 0 fully saturated rings. The maximum atomic E-state index is 12.3. The monoisotopic (exact) mass is 364 g/mol. The van der Waals surface area contributed by atoms with Crippen LogP contribution in [0.25, 0.3) is 5.70 Å². The fraction of sp³-hybridized carbons (Fsp3) is 0.100. The quantitative estimate of drug-likeness (QED) is 0.311. The summed E-state index contributed by atoms with van der Waals surface area (Å²) in [7, 11) is 3.31. The number of anilines is 1. The molecular weight excluding hydrogens is 344 g/mol. The number of hydrogen-bond donors (Lipinski definition) is 3. The van der Waals surface area contributed by atoms with Crippen molar-refractivity contribution >= 4 is 35.1 Å². The zero-order chi connectivity index (χ0) is 20.1. The first-order valence-electron chi connectivity index (χ1n) is 8.01. The lowest BCUT2D eigenvalue weighted by Gasteiger charge is -2.10. The highest BCUT2D eigenvalue weighted by atomic mass is 16.2. The number of nitrogens with one attached hydrogen (secondary N) is 1. The lowest BCUT2D eigenvalue weighted by atomic mass is 10.0. The van der Waals surface area contributed by atoms with Crippen molar-refractivity contribution in [3.05, 3.63) is 70.8 Å². The minimum Gasteiger partial charge on any atom is -0.398 e. The summed E-state index contributed by atoms with van der Waals surface area (Å²) in [5.41, 5.74) is 13.4. The maximum absolute atomic E-state index is 12.3. The summed E-state index contributed by atoms with van der Waals surface area (Å²) < 4.78 is 0. The van der Waals surface area contributed by atoms with Crippen LogP contribution in [0.15, 0.2) is 48.5 Å². The summed E-state index contributed by atoms with van der Waals surface area (Å²) in [5, 5.41) is 8.03. The molecule has 0 radical (unpaired) electrons. The largest absolute Gasteiger partial charge is 0.398 e. The molecule has 0 spiro atoms. The van der Waals surface area contributed by atoms with Gasteiger partial charge in [0.05, 0.1) is 0 Å². The summed E-state index contributed by atoms with van der Waals surface area (Å²) >= 11 is 0. The van der Waals surface area contributed by atoms with E-state index in [1.807, 2.05) is 0 Å². The molecule has 138 valence electrons. The third kappa shape index (κ3) is 4.46. The van der Waals surface area contributed by atoms with Gasteiger partial charge in [-0.15, -0.1) is 0 Å². The van der Waals surface area contributed by atoms with Crippen LogP contribution in [0.5, 0.6) is 0 Å². The van der Waals surface area contributed by atoms with Crippen LogP contribution in [0.2, 0.25) is 0 Å². The first-order valence-corrected chi connectivity index (χ1v) is 8.01. The Bertz CT molecular complexity index is 944. The highest BCUT2D eigenvalue weighted by molar-refractivity contribution is 6.50. The fourth-order valence-electron chi connectivity index (χ4n) is 2.38. The number of nitrogens with zero attached hydrogens (tertiary/aromatic N) is 1. The van der Waals surface area contributed by atoms with E-state index >= 15 is 0 Å². The van der Waals surface area contributed by atoms with Gasteiger partial charge in [-0.05, 0) is 29.8 Å². The topological polar surface area (TPSA) is 130 Å². The third-order valence-corrected chi connectivity index (χ3v) is 3.89. The van der Waals surface area contributed by atoms with Crippen LogP contribution in [-0.4, -0.2) is 42.7 Å². The van der Waals surface area contributed by atoms with E-state index in [0.717, 1.165) is 6.08 Å². The molecule has 0 saturated carbocycles. The van der Waals surface area contributed by atoms with E-state index in [2.05, 4.69) is 0 Å². The van der Waals surface area contributed by atoms with Gasteiger partial charge in [-0.1, -0.05) is 18.2 Å². The third-order valence-electron chi connectivity index (χ3n) is 3.89. The number of rotatable bonds is 6. The van der Waals surface area contributed by atoms with Crippen molar-refractivity contribution in [2.75, 3.05) is 19.8 Å². The van der Waals surface area contributed by atoms with Gasteiger partial charge in [-0.25, -0.2) is 0 Å². The molecule has 0 saturated heterocycles. The Balaban J connectivity index is 2.22. The van der Waals surface area contributed by atoms with Crippen LogP contribution < -0.4 is 11.5 Å². The number of nitrogens with two attached hydrogens (primary N) is 2. The summed E-state index contributed by atoms with van der Waals surface area (Å²) in [6.45, 7) is 0. The van der Waals surface area contributed by atoms with Gasteiger partial charge in [0.1, 0.15) is 12.0 Å². The van der Waals surface area contributed by atoms with Gasteiger partial charge in [-0.3, -0.25) is 19.8 Å². The minimum absolute atomic E-state index is 0.142. The first-order chi connectivity index (χ1) is 12.7. The van der Waals surface area contributed by atoms with Crippen LogP contribution in [0.4, 0.5) is 5.69 Å². The first kappa shape index (κ1) is 19.6. The summed E-state index contributed by atoms with van der Waals surface area (Å²) in [6, 6.07) is 10.8. The smallest absolute Gasteiger partial charge is 0.253 e. The van der Waals surface area contributed by atoms with Crippen molar-refractivity contribution in [1.82, 2.24) is 4.90 Å². The number of carbonyl (C=O) groups excluding carboxylic acids is 3. The van der Waals surface area contributed by atoms with E-state index in [1.54, 1.807) is 38.4 Å². The molecule has 2 rings (SSSR count). The van der Waals surface area contributed by atoms with E-state index in [0.29, 0.717) is 23.0 Å². The average molecular weight is 364 g/mol. The number of aldehydes is 1. The lowest BCUT2D eigenvalue weighted by Crippen LogP contribution is -2.21. The highest BCUT2D eigenvalue weighted by Crippen LogP contribution is 2.16. The molecule has 0 aliphatic rings. The molecule has 7 nitrogen and oxygen atoms in total. The second-order valence-electron chi connectivity index (χ2n) is 6.08. The second kappa shape index (κ2) is 8.09. The molecule has 0 aliphatic heterocycles. The highest BCUT2D eigenvalue weighted by Gasteiger charge is 2.14. The van der Waals surface area contributed by atoms with Crippen molar-refractivity contribution in [2.24, 2.45) is 5.73 Å². The SMILES string of the molecule is CN(C)C(=O)c1ccc(C(N)=CC(=O)C(=N)c2ccc(C=O)cc2N)cc1. The van der Waals surface area contributed by atoms with Crippen LogP contribution in [-0.2, 0) is 4.79 Å². The van der Waals surface area contributed by atoms with E-state index in [1.165, 1.54) is 23.1 Å². The molecule has 0 heterocycles. The summed E-state index contributed by atoms with van der Waals surface area (Å²) in [4.78, 5) is 36.4. The van der Waals surface area contributed by atoms with Gasteiger partial charge in [0.2, 0.25) is 5.78 Å². The zero-order valence-electron chi connectivity index (χ0n) is 15.0. The number of hydrogen-bond acceptors (Lipinski definition) is 6. The van der Waals surface area contributed by atoms with Crippen LogP contribution in [0, 0.1) is 5.41 Å². The summed E-state index contributed by atoms with van der Waals surface area (Å²) in [6.07, 6.45) is 1.77. The lowest BCUT2D eigenvalue weighted by molar-refractivity contribution is -0.108. The predicted octanol–water partition coefficient (Wildman–Crippen LogP) is 1.72. The Morgan fingerprint density at radius 1 is 1.04 bits per heavy atom. The van der Waals surface area contributed by atoms with Gasteiger partial charge >= 0.3 is 0 Å². The van der Waals surface area contributed by atoms with E-state index in [9.17, 15) is 14.4 Å². The molecule has 7 heteroatoms.